The molecule has 0 aliphatic rings. The van der Waals surface area contributed by atoms with Crippen molar-refractivity contribution in [1.82, 2.24) is 4.90 Å². The molecule has 9 heavy (non-hydrogen) atoms. The Hall–Kier alpha value is -0.610. The Bertz CT molecular complexity index is 84.3. The zero-order chi connectivity index (χ0) is 7.28. The third-order valence-electron chi connectivity index (χ3n) is 0.920. The first-order valence-electron chi connectivity index (χ1n) is 2.68. The van der Waals surface area contributed by atoms with Crippen LogP contribution in [0.3, 0.4) is 0 Å². The SMILES string of the molecule is CN(C=O)CCC(O)O. The molecule has 0 aliphatic carbocycles. The number of rotatable bonds is 4. The first-order valence-corrected chi connectivity index (χ1v) is 2.68. The number of amides is 1. The van der Waals surface area contributed by atoms with Crippen LogP contribution in [0.15, 0.2) is 0 Å². The van der Waals surface area contributed by atoms with E-state index in [0.29, 0.717) is 13.0 Å². The van der Waals surface area contributed by atoms with Crippen molar-refractivity contribution >= 4 is 6.41 Å². The molecular weight excluding hydrogens is 122 g/mol. The standard InChI is InChI=1S/C5H11NO3/c1-6(4-7)3-2-5(8)9/h4-5,8-9H,2-3H2,1H3. The Morgan fingerprint density at radius 1 is 1.67 bits per heavy atom. The van der Waals surface area contributed by atoms with Gasteiger partial charge in [-0.05, 0) is 0 Å². The van der Waals surface area contributed by atoms with E-state index in [0.717, 1.165) is 0 Å². The Balaban J connectivity index is 3.16. The summed E-state index contributed by atoms with van der Waals surface area (Å²) in [6.45, 7) is 0.376. The molecule has 4 heteroatoms. The zero-order valence-corrected chi connectivity index (χ0v) is 5.32. The molecule has 1 amide bonds. The highest BCUT2D eigenvalue weighted by Gasteiger charge is 1.98. The van der Waals surface area contributed by atoms with Gasteiger partial charge in [0, 0.05) is 20.0 Å². The summed E-state index contributed by atoms with van der Waals surface area (Å²) in [5.41, 5.74) is 0. The molecule has 0 atom stereocenters. The van der Waals surface area contributed by atoms with Gasteiger partial charge in [-0.1, -0.05) is 0 Å². The van der Waals surface area contributed by atoms with Gasteiger partial charge in [-0.25, -0.2) is 0 Å². The quantitative estimate of drug-likeness (QED) is 0.373. The van der Waals surface area contributed by atoms with Crippen LogP contribution in [0.4, 0.5) is 0 Å². The lowest BCUT2D eigenvalue weighted by atomic mass is 10.4. The minimum Gasteiger partial charge on any atom is -0.368 e. The fourth-order valence-electron chi connectivity index (χ4n) is 0.372. The van der Waals surface area contributed by atoms with E-state index < -0.39 is 6.29 Å². The van der Waals surface area contributed by atoms with E-state index in [1.165, 1.54) is 4.90 Å². The van der Waals surface area contributed by atoms with Gasteiger partial charge in [0.15, 0.2) is 6.29 Å². The largest absolute Gasteiger partial charge is 0.368 e. The van der Waals surface area contributed by atoms with Gasteiger partial charge in [0.05, 0.1) is 0 Å². The summed E-state index contributed by atoms with van der Waals surface area (Å²) in [5.74, 6) is 0. The smallest absolute Gasteiger partial charge is 0.209 e. The van der Waals surface area contributed by atoms with Crippen molar-refractivity contribution in [2.75, 3.05) is 13.6 Å². The first-order chi connectivity index (χ1) is 4.16. The van der Waals surface area contributed by atoms with Gasteiger partial charge >= 0.3 is 0 Å². The molecule has 0 heterocycles. The van der Waals surface area contributed by atoms with Crippen LogP contribution >= 0.6 is 0 Å². The predicted molar refractivity (Wildman–Crippen MR) is 31.5 cm³/mol. The average Bonchev–Trinajstić information content (AvgIpc) is 1.83. The van der Waals surface area contributed by atoms with Crippen LogP contribution in [0.5, 0.6) is 0 Å². The Kier molecular flexibility index (Phi) is 4.00. The molecule has 0 saturated carbocycles. The molecular formula is C5H11NO3. The minimum atomic E-state index is -1.31. The second-order valence-corrected chi connectivity index (χ2v) is 1.86. The van der Waals surface area contributed by atoms with Gasteiger partial charge in [-0.2, -0.15) is 0 Å². The van der Waals surface area contributed by atoms with Crippen molar-refractivity contribution in [1.29, 1.82) is 0 Å². The number of aliphatic hydroxyl groups is 2. The lowest BCUT2D eigenvalue weighted by Gasteiger charge is -2.09. The third kappa shape index (κ3) is 5.26. The van der Waals surface area contributed by atoms with Crippen molar-refractivity contribution in [3.63, 3.8) is 0 Å². The van der Waals surface area contributed by atoms with Crippen LogP contribution in [0.1, 0.15) is 6.42 Å². The maximum absolute atomic E-state index is 9.88. The molecule has 0 fully saturated rings. The summed E-state index contributed by atoms with van der Waals surface area (Å²) in [6, 6.07) is 0. The minimum absolute atomic E-state index is 0.204. The third-order valence-corrected chi connectivity index (χ3v) is 0.920. The summed E-state index contributed by atoms with van der Waals surface area (Å²) in [6.07, 6.45) is -0.468. The monoisotopic (exact) mass is 133 g/mol. The van der Waals surface area contributed by atoms with Crippen molar-refractivity contribution in [3.05, 3.63) is 0 Å². The number of carbonyl (C=O) groups is 1. The summed E-state index contributed by atoms with van der Waals surface area (Å²) in [5, 5.41) is 16.6. The molecule has 0 radical (unpaired) electrons. The summed E-state index contributed by atoms with van der Waals surface area (Å²) < 4.78 is 0. The summed E-state index contributed by atoms with van der Waals surface area (Å²) in [4.78, 5) is 11.2. The number of hydrogen-bond acceptors (Lipinski definition) is 3. The van der Waals surface area contributed by atoms with E-state index in [1.54, 1.807) is 7.05 Å². The van der Waals surface area contributed by atoms with E-state index in [4.69, 9.17) is 10.2 Å². The van der Waals surface area contributed by atoms with Crippen molar-refractivity contribution in [2.45, 2.75) is 12.7 Å². The average molecular weight is 133 g/mol. The molecule has 2 N–H and O–H groups in total. The van der Waals surface area contributed by atoms with E-state index in [9.17, 15) is 4.79 Å². The number of hydrogen-bond donors (Lipinski definition) is 2. The molecule has 0 aliphatic heterocycles. The number of aliphatic hydroxyl groups excluding tert-OH is 1. The van der Waals surface area contributed by atoms with Crippen LogP contribution in [-0.4, -0.2) is 41.4 Å². The summed E-state index contributed by atoms with van der Waals surface area (Å²) >= 11 is 0. The predicted octanol–water partition coefficient (Wildman–Crippen LogP) is -1.22. The second-order valence-electron chi connectivity index (χ2n) is 1.86. The van der Waals surface area contributed by atoms with Crippen LogP contribution in [0.2, 0.25) is 0 Å². The molecule has 0 saturated heterocycles. The lowest BCUT2D eigenvalue weighted by molar-refractivity contribution is -0.118. The molecule has 54 valence electrons. The fraction of sp³-hybridized carbons (Fsp3) is 0.800. The van der Waals surface area contributed by atoms with Gasteiger partial charge in [-0.15, -0.1) is 0 Å². The molecule has 0 spiro atoms. The van der Waals surface area contributed by atoms with Crippen LogP contribution in [0.25, 0.3) is 0 Å². The van der Waals surface area contributed by atoms with E-state index in [-0.39, 0.29) is 6.42 Å². The first kappa shape index (κ1) is 8.39. The maximum atomic E-state index is 9.88. The maximum Gasteiger partial charge on any atom is 0.209 e. The number of nitrogens with zero attached hydrogens (tertiary/aromatic N) is 1. The molecule has 0 rings (SSSR count). The van der Waals surface area contributed by atoms with Gasteiger partial charge in [0.2, 0.25) is 6.41 Å². The van der Waals surface area contributed by atoms with Crippen LogP contribution < -0.4 is 0 Å². The topological polar surface area (TPSA) is 60.8 Å². The van der Waals surface area contributed by atoms with Gasteiger partial charge in [-0.3, -0.25) is 4.79 Å². The van der Waals surface area contributed by atoms with E-state index in [1.807, 2.05) is 0 Å². The number of carbonyl (C=O) groups excluding carboxylic acids is 1. The van der Waals surface area contributed by atoms with Gasteiger partial charge in [0.1, 0.15) is 0 Å². The van der Waals surface area contributed by atoms with Crippen LogP contribution in [0, 0.1) is 0 Å². The van der Waals surface area contributed by atoms with Gasteiger partial charge < -0.3 is 15.1 Å². The highest BCUT2D eigenvalue weighted by molar-refractivity contribution is 5.46. The molecule has 0 aromatic carbocycles. The van der Waals surface area contributed by atoms with Gasteiger partial charge in [0.25, 0.3) is 0 Å². The normalized spacial score (nSPS) is 9.78. The van der Waals surface area contributed by atoms with Crippen LogP contribution in [-0.2, 0) is 4.79 Å². The zero-order valence-electron chi connectivity index (χ0n) is 5.32. The molecule has 0 bridgehead atoms. The highest BCUT2D eigenvalue weighted by atomic mass is 16.5. The molecule has 0 aromatic heterocycles. The highest BCUT2D eigenvalue weighted by Crippen LogP contribution is 1.86. The Morgan fingerprint density at radius 3 is 2.56 bits per heavy atom. The molecule has 0 unspecified atom stereocenters. The van der Waals surface area contributed by atoms with Crippen molar-refractivity contribution < 1.29 is 15.0 Å². The molecule has 0 aromatic rings. The lowest BCUT2D eigenvalue weighted by Crippen LogP contribution is -2.21. The Labute approximate surface area is 53.7 Å². The Morgan fingerprint density at radius 2 is 2.22 bits per heavy atom. The fourth-order valence-corrected chi connectivity index (χ4v) is 0.372. The molecule has 4 nitrogen and oxygen atoms in total. The van der Waals surface area contributed by atoms with E-state index >= 15 is 0 Å². The summed E-state index contributed by atoms with van der Waals surface area (Å²) in [7, 11) is 1.58. The van der Waals surface area contributed by atoms with E-state index in [2.05, 4.69) is 0 Å². The second kappa shape index (κ2) is 4.29. The van der Waals surface area contributed by atoms with Crippen molar-refractivity contribution in [2.24, 2.45) is 0 Å². The van der Waals surface area contributed by atoms with Crippen molar-refractivity contribution in [3.8, 4) is 0 Å².